The summed E-state index contributed by atoms with van der Waals surface area (Å²) >= 11 is 0. The number of benzene rings is 2. The molecule has 0 fully saturated rings. The average molecular weight is 379 g/mol. The summed E-state index contributed by atoms with van der Waals surface area (Å²) in [4.78, 5) is 14.2. The minimum absolute atomic E-state index is 0.209. The lowest BCUT2D eigenvalue weighted by Crippen LogP contribution is -2.37. The number of amides is 1. The first-order chi connectivity index (χ1) is 12.2. The number of halogens is 1. The van der Waals surface area contributed by atoms with Crippen molar-refractivity contribution < 1.29 is 17.6 Å². The van der Waals surface area contributed by atoms with E-state index in [1.54, 1.807) is 18.2 Å². The number of anilines is 2. The predicted octanol–water partition coefficient (Wildman–Crippen LogP) is 2.29. The van der Waals surface area contributed by atoms with Crippen molar-refractivity contribution in [3.63, 3.8) is 0 Å². The van der Waals surface area contributed by atoms with Crippen molar-refractivity contribution in [3.8, 4) is 0 Å². The number of sulfonamides is 1. The van der Waals surface area contributed by atoms with Crippen molar-refractivity contribution >= 4 is 27.3 Å². The van der Waals surface area contributed by atoms with Crippen molar-refractivity contribution in [1.82, 2.24) is 4.31 Å². The van der Waals surface area contributed by atoms with Crippen LogP contribution in [-0.2, 0) is 21.4 Å². The summed E-state index contributed by atoms with van der Waals surface area (Å²) in [6, 6.07) is 13.0. The van der Waals surface area contributed by atoms with Crippen LogP contribution in [-0.4, -0.2) is 45.5 Å². The summed E-state index contributed by atoms with van der Waals surface area (Å²) in [6.45, 7) is -0.610. The second-order valence-electron chi connectivity index (χ2n) is 6.11. The fraction of sp³-hybridized carbons (Fsp3) is 0.278. The van der Waals surface area contributed by atoms with Gasteiger partial charge >= 0.3 is 0 Å². The molecule has 26 heavy (non-hydrogen) atoms. The Labute approximate surface area is 153 Å². The minimum Gasteiger partial charge on any atom is -0.378 e. The number of carbonyl (C=O) groups is 1. The fourth-order valence-electron chi connectivity index (χ4n) is 2.31. The van der Waals surface area contributed by atoms with Crippen LogP contribution in [0.2, 0.25) is 0 Å². The van der Waals surface area contributed by atoms with E-state index in [-0.39, 0.29) is 12.1 Å². The summed E-state index contributed by atoms with van der Waals surface area (Å²) in [5.74, 6) is -1.01. The largest absolute Gasteiger partial charge is 0.378 e. The zero-order valence-corrected chi connectivity index (χ0v) is 15.8. The summed E-state index contributed by atoms with van der Waals surface area (Å²) in [6.07, 6.45) is 0.993. The Morgan fingerprint density at radius 2 is 1.69 bits per heavy atom. The molecular formula is C18H22FN3O3S. The molecule has 2 aromatic rings. The van der Waals surface area contributed by atoms with Crippen LogP contribution in [0.15, 0.2) is 48.5 Å². The highest BCUT2D eigenvalue weighted by Crippen LogP contribution is 2.16. The number of carbonyl (C=O) groups excluding carboxylic acids is 1. The van der Waals surface area contributed by atoms with Gasteiger partial charge in [-0.25, -0.2) is 12.8 Å². The van der Waals surface area contributed by atoms with Gasteiger partial charge in [0.15, 0.2) is 0 Å². The van der Waals surface area contributed by atoms with Gasteiger partial charge in [-0.15, -0.1) is 0 Å². The van der Waals surface area contributed by atoms with Crippen LogP contribution in [0.25, 0.3) is 0 Å². The molecule has 0 bridgehead atoms. The second kappa shape index (κ2) is 8.29. The SMILES string of the molecule is CN(C)c1ccc(NC(=O)CN(Cc2ccccc2F)S(C)(=O)=O)cc1. The van der Waals surface area contributed by atoms with E-state index in [1.807, 2.05) is 31.1 Å². The standard InChI is InChI=1S/C18H22FN3O3S/c1-21(2)16-10-8-15(9-11-16)20-18(23)13-22(26(3,24)25)12-14-6-4-5-7-17(14)19/h4-11H,12-13H2,1-3H3,(H,20,23). The zero-order chi connectivity index (χ0) is 19.3. The second-order valence-corrected chi connectivity index (χ2v) is 8.09. The van der Waals surface area contributed by atoms with Gasteiger partial charge in [0.25, 0.3) is 0 Å². The van der Waals surface area contributed by atoms with Gasteiger partial charge in [-0.2, -0.15) is 4.31 Å². The normalized spacial score (nSPS) is 11.4. The van der Waals surface area contributed by atoms with E-state index >= 15 is 0 Å². The number of hydrogen-bond donors (Lipinski definition) is 1. The van der Waals surface area contributed by atoms with Gasteiger partial charge in [-0.05, 0) is 30.3 Å². The van der Waals surface area contributed by atoms with Gasteiger partial charge in [0.2, 0.25) is 15.9 Å². The summed E-state index contributed by atoms with van der Waals surface area (Å²) < 4.78 is 38.7. The van der Waals surface area contributed by atoms with Crippen molar-refractivity contribution in [2.45, 2.75) is 6.54 Å². The molecule has 0 aliphatic rings. The van der Waals surface area contributed by atoms with Gasteiger partial charge in [0, 0.05) is 37.6 Å². The summed E-state index contributed by atoms with van der Waals surface area (Å²) in [5, 5.41) is 2.65. The molecule has 0 aliphatic carbocycles. The third-order valence-corrected chi connectivity index (χ3v) is 4.96. The van der Waals surface area contributed by atoms with E-state index in [1.165, 1.54) is 18.2 Å². The highest BCUT2D eigenvalue weighted by atomic mass is 32.2. The maximum Gasteiger partial charge on any atom is 0.239 e. The van der Waals surface area contributed by atoms with Crippen molar-refractivity contribution in [1.29, 1.82) is 0 Å². The van der Waals surface area contributed by atoms with E-state index in [9.17, 15) is 17.6 Å². The quantitative estimate of drug-likeness (QED) is 0.801. The molecule has 1 amide bonds. The molecule has 0 heterocycles. The molecule has 0 saturated heterocycles. The van der Waals surface area contributed by atoms with Crippen molar-refractivity contribution in [3.05, 3.63) is 59.9 Å². The molecule has 140 valence electrons. The minimum atomic E-state index is -3.69. The van der Waals surface area contributed by atoms with Gasteiger partial charge in [-0.3, -0.25) is 4.79 Å². The number of hydrogen-bond acceptors (Lipinski definition) is 4. The average Bonchev–Trinajstić information content (AvgIpc) is 2.55. The van der Waals surface area contributed by atoms with E-state index < -0.39 is 28.3 Å². The zero-order valence-electron chi connectivity index (χ0n) is 14.9. The van der Waals surface area contributed by atoms with Gasteiger partial charge in [-0.1, -0.05) is 18.2 Å². The molecule has 8 heteroatoms. The molecule has 2 rings (SSSR count). The predicted molar refractivity (Wildman–Crippen MR) is 101 cm³/mol. The smallest absolute Gasteiger partial charge is 0.239 e. The Morgan fingerprint density at radius 1 is 1.08 bits per heavy atom. The molecule has 0 aliphatic heterocycles. The molecular weight excluding hydrogens is 357 g/mol. The fourth-order valence-corrected chi connectivity index (χ4v) is 3.04. The highest BCUT2D eigenvalue weighted by Gasteiger charge is 2.21. The molecule has 0 radical (unpaired) electrons. The monoisotopic (exact) mass is 379 g/mol. The van der Waals surface area contributed by atoms with Gasteiger partial charge in [0.1, 0.15) is 5.82 Å². The lowest BCUT2D eigenvalue weighted by molar-refractivity contribution is -0.116. The van der Waals surface area contributed by atoms with E-state index in [4.69, 9.17) is 0 Å². The van der Waals surface area contributed by atoms with Crippen molar-refractivity contribution in [2.75, 3.05) is 37.1 Å². The van der Waals surface area contributed by atoms with E-state index in [0.29, 0.717) is 5.69 Å². The van der Waals surface area contributed by atoms with Crippen LogP contribution in [0.4, 0.5) is 15.8 Å². The Hall–Kier alpha value is -2.45. The lowest BCUT2D eigenvalue weighted by Gasteiger charge is -2.20. The molecule has 0 aromatic heterocycles. The molecule has 1 N–H and O–H groups in total. The summed E-state index contributed by atoms with van der Waals surface area (Å²) in [5.41, 5.74) is 1.74. The molecule has 0 unspecified atom stereocenters. The molecule has 0 saturated carbocycles. The van der Waals surface area contributed by atoms with Crippen LogP contribution in [0.1, 0.15) is 5.56 Å². The Balaban J connectivity index is 2.08. The van der Waals surface area contributed by atoms with Crippen LogP contribution in [0, 0.1) is 5.82 Å². The van der Waals surface area contributed by atoms with Crippen molar-refractivity contribution in [2.24, 2.45) is 0 Å². The lowest BCUT2D eigenvalue weighted by atomic mass is 10.2. The Kier molecular flexibility index (Phi) is 6.33. The van der Waals surface area contributed by atoms with E-state index in [2.05, 4.69) is 5.32 Å². The molecule has 6 nitrogen and oxygen atoms in total. The number of rotatable bonds is 7. The third kappa shape index (κ3) is 5.53. The first-order valence-electron chi connectivity index (χ1n) is 7.92. The Bertz CT molecular complexity index is 868. The summed E-state index contributed by atoms with van der Waals surface area (Å²) in [7, 11) is 0.120. The Morgan fingerprint density at radius 3 is 2.23 bits per heavy atom. The topological polar surface area (TPSA) is 69.7 Å². The molecule has 0 spiro atoms. The van der Waals surface area contributed by atoms with Crippen LogP contribution >= 0.6 is 0 Å². The first kappa shape index (κ1) is 19.9. The van der Waals surface area contributed by atoms with Gasteiger partial charge in [0.05, 0.1) is 12.8 Å². The maximum absolute atomic E-state index is 13.8. The molecule has 0 atom stereocenters. The van der Waals surface area contributed by atoms with Crippen LogP contribution in [0.3, 0.4) is 0 Å². The number of nitrogens with one attached hydrogen (secondary N) is 1. The maximum atomic E-state index is 13.8. The van der Waals surface area contributed by atoms with Crippen LogP contribution in [0.5, 0.6) is 0 Å². The molecule has 2 aromatic carbocycles. The van der Waals surface area contributed by atoms with Crippen LogP contribution < -0.4 is 10.2 Å². The third-order valence-electron chi connectivity index (χ3n) is 3.76. The highest BCUT2D eigenvalue weighted by molar-refractivity contribution is 7.88. The first-order valence-corrected chi connectivity index (χ1v) is 9.77. The van der Waals surface area contributed by atoms with Gasteiger partial charge < -0.3 is 10.2 Å². The van der Waals surface area contributed by atoms with E-state index in [0.717, 1.165) is 16.2 Å². The number of nitrogens with zero attached hydrogens (tertiary/aromatic N) is 2.